The van der Waals surface area contributed by atoms with Gasteiger partial charge in [-0.05, 0) is 17.4 Å². The number of nitrogens with zero attached hydrogens (tertiary/aromatic N) is 4. The molecule has 1 aliphatic rings. The number of hydrogen-bond acceptors (Lipinski definition) is 7. The number of allylic oxidation sites excluding steroid dienone is 1. The fourth-order valence-electron chi connectivity index (χ4n) is 0.950. The van der Waals surface area contributed by atoms with E-state index in [0.717, 1.165) is 0 Å². The molecule has 0 unspecified atom stereocenters. The van der Waals surface area contributed by atoms with Gasteiger partial charge < -0.3 is 16.5 Å². The van der Waals surface area contributed by atoms with E-state index in [-0.39, 0.29) is 0 Å². The first-order valence-corrected chi connectivity index (χ1v) is 4.21. The molecule has 80 valence electrons. The highest BCUT2D eigenvalue weighted by atomic mass is 15.4. The number of hydrazine groups is 1. The Labute approximate surface area is 87.2 Å². The van der Waals surface area contributed by atoms with Crippen molar-refractivity contribution in [2.45, 2.75) is 0 Å². The highest BCUT2D eigenvalue weighted by Gasteiger charge is 2.02. The zero-order valence-corrected chi connectivity index (χ0v) is 8.11. The summed E-state index contributed by atoms with van der Waals surface area (Å²) < 4.78 is 0. The van der Waals surface area contributed by atoms with Gasteiger partial charge in [0.2, 0.25) is 0 Å². The van der Waals surface area contributed by atoms with Crippen molar-refractivity contribution in [2.75, 3.05) is 6.54 Å². The lowest BCUT2D eigenvalue weighted by Gasteiger charge is -2.18. The Morgan fingerprint density at radius 1 is 1.20 bits per heavy atom. The molecule has 0 spiro atoms. The van der Waals surface area contributed by atoms with E-state index >= 15 is 0 Å². The van der Waals surface area contributed by atoms with Crippen molar-refractivity contribution in [1.29, 1.82) is 0 Å². The minimum atomic E-state index is 0.556. The predicted molar refractivity (Wildman–Crippen MR) is 55.3 cm³/mol. The molecule has 2 heterocycles. The van der Waals surface area contributed by atoms with Gasteiger partial charge in [-0.25, -0.2) is 5.84 Å². The Morgan fingerprint density at radius 2 is 1.87 bits per heavy atom. The molecular weight excluding hydrogens is 194 g/mol. The maximum Gasteiger partial charge on any atom is 0.0731 e. The maximum absolute atomic E-state index is 5.43. The Balaban J connectivity index is 0.000000162. The van der Waals surface area contributed by atoms with Gasteiger partial charge in [0.1, 0.15) is 0 Å². The third-order valence-electron chi connectivity index (χ3n) is 1.44. The lowest BCUT2D eigenvalue weighted by molar-refractivity contribution is 0.417. The molecule has 0 bridgehead atoms. The first-order valence-electron chi connectivity index (χ1n) is 4.21. The van der Waals surface area contributed by atoms with Gasteiger partial charge >= 0.3 is 0 Å². The minimum absolute atomic E-state index is 0.556. The van der Waals surface area contributed by atoms with E-state index in [4.69, 9.17) is 17.3 Å². The lowest BCUT2D eigenvalue weighted by atomic mass is 10.3. The van der Waals surface area contributed by atoms with E-state index in [1.807, 2.05) is 0 Å². The fourth-order valence-corrected chi connectivity index (χ4v) is 0.950. The Kier molecular flexibility index (Phi) is 4.05. The van der Waals surface area contributed by atoms with Crippen molar-refractivity contribution in [2.24, 2.45) is 17.3 Å². The Morgan fingerprint density at radius 3 is 2.20 bits per heavy atom. The zero-order valence-electron chi connectivity index (χ0n) is 8.11. The summed E-state index contributed by atoms with van der Waals surface area (Å²) >= 11 is 0. The molecule has 0 aromatic carbocycles. The second-order valence-electron chi connectivity index (χ2n) is 2.83. The van der Waals surface area contributed by atoms with Gasteiger partial charge in [-0.2, -0.15) is 0 Å². The normalized spacial score (nSPS) is 14.6. The second-order valence-corrected chi connectivity index (χ2v) is 2.83. The van der Waals surface area contributed by atoms with Crippen LogP contribution in [0.3, 0.4) is 0 Å². The van der Waals surface area contributed by atoms with Crippen LogP contribution in [-0.4, -0.2) is 27.0 Å². The number of nitrogens with two attached hydrogens (primary N) is 3. The topological polar surface area (TPSA) is 120 Å². The Bertz CT molecular complexity index is 319. The summed E-state index contributed by atoms with van der Waals surface area (Å²) in [7, 11) is 0. The summed E-state index contributed by atoms with van der Waals surface area (Å²) in [5.74, 6) is 5.37. The highest BCUT2D eigenvalue weighted by Crippen LogP contribution is 2.00. The highest BCUT2D eigenvalue weighted by molar-refractivity contribution is 5.23. The monoisotopic (exact) mass is 207 g/mol. The van der Waals surface area contributed by atoms with Crippen LogP contribution < -0.4 is 17.3 Å². The van der Waals surface area contributed by atoms with Crippen LogP contribution >= 0.6 is 0 Å². The van der Waals surface area contributed by atoms with Crippen molar-refractivity contribution in [3.05, 3.63) is 42.1 Å². The first-order chi connectivity index (χ1) is 7.18. The van der Waals surface area contributed by atoms with Crippen LogP contribution in [-0.2, 0) is 0 Å². The fraction of sp³-hybridized carbons (Fsp3) is 0.125. The van der Waals surface area contributed by atoms with Crippen molar-refractivity contribution in [3.63, 3.8) is 0 Å². The molecule has 0 saturated carbocycles. The van der Waals surface area contributed by atoms with Crippen molar-refractivity contribution in [1.82, 2.24) is 20.4 Å². The number of hydrogen-bond donors (Lipinski definition) is 3. The van der Waals surface area contributed by atoms with E-state index < -0.39 is 0 Å². The molecule has 7 heteroatoms. The van der Waals surface area contributed by atoms with Crippen LogP contribution in [0.2, 0.25) is 0 Å². The summed E-state index contributed by atoms with van der Waals surface area (Å²) in [6, 6.07) is 1.72. The molecule has 1 aliphatic heterocycles. The quantitative estimate of drug-likeness (QED) is 0.452. The van der Waals surface area contributed by atoms with Crippen molar-refractivity contribution >= 4 is 0 Å². The van der Waals surface area contributed by atoms with E-state index in [1.165, 1.54) is 5.01 Å². The zero-order chi connectivity index (χ0) is 11.1. The van der Waals surface area contributed by atoms with Crippen LogP contribution in [0.25, 0.3) is 0 Å². The minimum Gasteiger partial charge on any atom is -0.400 e. The SMILES string of the molecule is NC1=CN(N)CC(N)=C1.c1cnnnc1. The summed E-state index contributed by atoms with van der Waals surface area (Å²) in [6.45, 7) is 0.556. The maximum atomic E-state index is 5.43. The van der Waals surface area contributed by atoms with Crippen LogP contribution in [0.4, 0.5) is 0 Å². The third kappa shape index (κ3) is 4.58. The summed E-state index contributed by atoms with van der Waals surface area (Å²) in [4.78, 5) is 0. The van der Waals surface area contributed by atoms with Crippen molar-refractivity contribution < 1.29 is 0 Å². The van der Waals surface area contributed by atoms with Gasteiger partial charge in [-0.3, -0.25) is 0 Å². The molecule has 15 heavy (non-hydrogen) atoms. The molecule has 0 radical (unpaired) electrons. The lowest BCUT2D eigenvalue weighted by Crippen LogP contribution is -2.33. The Hall–Kier alpha value is -2.15. The van der Waals surface area contributed by atoms with E-state index in [9.17, 15) is 0 Å². The summed E-state index contributed by atoms with van der Waals surface area (Å²) in [5, 5.41) is 11.6. The van der Waals surface area contributed by atoms with Gasteiger partial charge in [-0.1, -0.05) is 0 Å². The number of aromatic nitrogens is 3. The average molecular weight is 207 g/mol. The van der Waals surface area contributed by atoms with Crippen LogP contribution in [0.5, 0.6) is 0 Å². The van der Waals surface area contributed by atoms with Gasteiger partial charge in [0.05, 0.1) is 24.6 Å². The van der Waals surface area contributed by atoms with Crippen LogP contribution in [0.1, 0.15) is 0 Å². The molecular formula is C8H13N7. The van der Waals surface area contributed by atoms with E-state index in [1.54, 1.807) is 30.7 Å². The van der Waals surface area contributed by atoms with Crippen molar-refractivity contribution in [3.8, 4) is 0 Å². The second kappa shape index (κ2) is 5.55. The standard InChI is InChI=1S/C5H10N4.C3H3N3/c6-4-1-5(7)3-9(8)2-4;1-2-4-6-5-3-1/h1-2H,3,6-8H2;1-3H. The van der Waals surface area contributed by atoms with Gasteiger partial charge in [0, 0.05) is 11.9 Å². The third-order valence-corrected chi connectivity index (χ3v) is 1.44. The molecule has 0 atom stereocenters. The molecule has 1 aromatic rings. The molecule has 6 N–H and O–H groups in total. The number of rotatable bonds is 0. The molecule has 2 rings (SSSR count). The molecule has 0 amide bonds. The first kappa shape index (κ1) is 10.9. The van der Waals surface area contributed by atoms with Crippen LogP contribution in [0.15, 0.2) is 42.1 Å². The molecule has 0 fully saturated rings. The van der Waals surface area contributed by atoms with Gasteiger partial charge in [-0.15, -0.1) is 10.2 Å². The van der Waals surface area contributed by atoms with E-state index in [2.05, 4.69) is 15.4 Å². The molecule has 0 aliphatic carbocycles. The van der Waals surface area contributed by atoms with Crippen LogP contribution in [0, 0.1) is 0 Å². The predicted octanol–water partition coefficient (Wildman–Crippen LogP) is -1.31. The average Bonchev–Trinajstić information content (AvgIpc) is 2.19. The molecule has 0 saturated heterocycles. The largest absolute Gasteiger partial charge is 0.400 e. The molecule has 1 aromatic heterocycles. The summed E-state index contributed by atoms with van der Waals surface area (Å²) in [6.07, 6.45) is 6.49. The molecule has 7 nitrogen and oxygen atoms in total. The van der Waals surface area contributed by atoms with Gasteiger partial charge in [0.15, 0.2) is 0 Å². The van der Waals surface area contributed by atoms with Gasteiger partial charge in [0.25, 0.3) is 0 Å². The summed E-state index contributed by atoms with van der Waals surface area (Å²) in [5.41, 5.74) is 12.1. The van der Waals surface area contributed by atoms with E-state index in [0.29, 0.717) is 17.9 Å². The smallest absolute Gasteiger partial charge is 0.0731 e.